The van der Waals surface area contributed by atoms with E-state index in [2.05, 4.69) is 63.8 Å². The first-order valence-corrected chi connectivity index (χ1v) is 14.1. The number of imidazole rings is 1. The summed E-state index contributed by atoms with van der Waals surface area (Å²) in [6, 6.07) is 32.4. The Morgan fingerprint density at radius 2 is 1.73 bits per heavy atom. The molecule has 196 valence electrons. The number of amides is 2. The van der Waals surface area contributed by atoms with Crippen LogP contribution in [0.2, 0.25) is 0 Å². The molecular weight excluding hydrogens is 516 g/mol. The van der Waals surface area contributed by atoms with Gasteiger partial charge in [0.25, 0.3) is 0 Å². The molecule has 1 N–H and O–H groups in total. The minimum atomic E-state index is -0.165. The Morgan fingerprint density at radius 1 is 0.900 bits per heavy atom. The van der Waals surface area contributed by atoms with Crippen LogP contribution < -0.4 is 5.32 Å². The lowest BCUT2D eigenvalue weighted by atomic mass is 10.1. The molecule has 40 heavy (non-hydrogen) atoms. The van der Waals surface area contributed by atoms with Gasteiger partial charge in [0.2, 0.25) is 0 Å². The molecule has 0 aliphatic rings. The third kappa shape index (κ3) is 4.72. The third-order valence-corrected chi connectivity index (χ3v) is 8.10. The molecule has 2 amide bonds. The number of urea groups is 1. The van der Waals surface area contributed by atoms with E-state index in [-0.39, 0.29) is 6.03 Å². The number of rotatable bonds is 7. The smallest absolute Gasteiger partial charge is 0.322 e. The number of hydrogen-bond donors (Lipinski definition) is 1. The van der Waals surface area contributed by atoms with E-state index >= 15 is 0 Å². The van der Waals surface area contributed by atoms with Gasteiger partial charge in [0.15, 0.2) is 4.96 Å². The van der Waals surface area contributed by atoms with Gasteiger partial charge in [-0.25, -0.2) is 9.78 Å². The highest BCUT2D eigenvalue weighted by Crippen LogP contribution is 2.28. The molecule has 0 bridgehead atoms. The highest BCUT2D eigenvalue weighted by molar-refractivity contribution is 7.15. The van der Waals surface area contributed by atoms with Crippen LogP contribution >= 0.6 is 11.3 Å². The second-order valence-electron chi connectivity index (χ2n) is 9.78. The quantitative estimate of drug-likeness (QED) is 0.221. The van der Waals surface area contributed by atoms with Gasteiger partial charge in [0.1, 0.15) is 5.76 Å². The summed E-state index contributed by atoms with van der Waals surface area (Å²) in [5.74, 6) is 0.741. The predicted octanol–water partition coefficient (Wildman–Crippen LogP) is 8.24. The molecule has 3 heterocycles. The van der Waals surface area contributed by atoms with Crippen molar-refractivity contribution in [3.8, 4) is 11.3 Å². The molecule has 0 radical (unpaired) electrons. The fraction of sp³-hybridized carbons (Fsp3) is 0.0909. The average molecular weight is 543 g/mol. The number of hydrogen-bond acceptors (Lipinski definition) is 4. The number of carbonyl (C=O) groups excluding carboxylic acids is 1. The van der Waals surface area contributed by atoms with E-state index < -0.39 is 0 Å². The van der Waals surface area contributed by atoms with E-state index in [0.717, 1.165) is 44.1 Å². The maximum absolute atomic E-state index is 13.6. The minimum Gasteiger partial charge on any atom is -0.467 e. The first kappa shape index (κ1) is 24.2. The number of thiazole rings is 1. The van der Waals surface area contributed by atoms with Gasteiger partial charge in [-0.15, -0.1) is 11.3 Å². The lowest BCUT2D eigenvalue weighted by molar-refractivity contribution is 0.204. The van der Waals surface area contributed by atoms with Crippen molar-refractivity contribution in [3.63, 3.8) is 0 Å². The molecule has 7 rings (SSSR count). The molecule has 0 unspecified atom stereocenters. The topological polar surface area (TPSA) is 62.8 Å². The summed E-state index contributed by atoms with van der Waals surface area (Å²) in [5, 5.41) is 9.76. The summed E-state index contributed by atoms with van der Waals surface area (Å²) in [5.41, 5.74) is 3.94. The van der Waals surface area contributed by atoms with Crippen LogP contribution in [0.25, 0.3) is 37.8 Å². The lowest BCUT2D eigenvalue weighted by Gasteiger charge is -2.22. The van der Waals surface area contributed by atoms with Crippen LogP contribution in [0.1, 0.15) is 11.5 Å². The normalized spacial score (nSPS) is 11.4. The van der Waals surface area contributed by atoms with Crippen molar-refractivity contribution in [1.29, 1.82) is 0 Å². The van der Waals surface area contributed by atoms with Gasteiger partial charge in [-0.1, -0.05) is 72.8 Å². The van der Waals surface area contributed by atoms with Crippen molar-refractivity contribution < 1.29 is 9.21 Å². The fourth-order valence-corrected chi connectivity index (χ4v) is 6.03. The number of aromatic nitrogens is 2. The van der Waals surface area contributed by atoms with Crippen LogP contribution in [-0.2, 0) is 13.0 Å². The van der Waals surface area contributed by atoms with E-state index in [1.165, 1.54) is 10.8 Å². The van der Waals surface area contributed by atoms with Gasteiger partial charge in [-0.2, -0.15) is 0 Å². The summed E-state index contributed by atoms with van der Waals surface area (Å²) >= 11 is 1.62. The molecule has 0 saturated carbocycles. The molecule has 0 atom stereocenters. The molecule has 7 aromatic rings. The minimum absolute atomic E-state index is 0.165. The summed E-state index contributed by atoms with van der Waals surface area (Å²) in [6.45, 7) is 0.899. The van der Waals surface area contributed by atoms with Crippen LogP contribution in [0.4, 0.5) is 10.5 Å². The molecule has 6 nitrogen and oxygen atoms in total. The lowest BCUT2D eigenvalue weighted by Crippen LogP contribution is -2.36. The predicted molar refractivity (Wildman–Crippen MR) is 162 cm³/mol. The van der Waals surface area contributed by atoms with E-state index in [4.69, 9.17) is 9.40 Å². The first-order valence-electron chi connectivity index (χ1n) is 13.2. The van der Waals surface area contributed by atoms with Gasteiger partial charge in [-0.3, -0.25) is 4.40 Å². The van der Waals surface area contributed by atoms with Crippen LogP contribution in [0.3, 0.4) is 0 Å². The van der Waals surface area contributed by atoms with Crippen LogP contribution in [0.15, 0.2) is 119 Å². The Morgan fingerprint density at radius 3 is 2.60 bits per heavy atom. The zero-order chi connectivity index (χ0) is 26.9. The summed E-state index contributed by atoms with van der Waals surface area (Å²) in [6.07, 6.45) is 4.41. The van der Waals surface area contributed by atoms with E-state index in [1.807, 2.05) is 54.6 Å². The molecule has 7 heteroatoms. The molecule has 3 aromatic heterocycles. The number of fused-ring (bicyclic) bond motifs is 3. The number of benzene rings is 4. The van der Waals surface area contributed by atoms with Crippen LogP contribution in [0, 0.1) is 0 Å². The van der Waals surface area contributed by atoms with Crippen molar-refractivity contribution in [3.05, 3.63) is 126 Å². The van der Waals surface area contributed by atoms with Gasteiger partial charge < -0.3 is 14.6 Å². The Bertz CT molecular complexity index is 1950. The number of carbonyl (C=O) groups is 1. The maximum Gasteiger partial charge on any atom is 0.322 e. The van der Waals surface area contributed by atoms with E-state index in [0.29, 0.717) is 19.5 Å². The van der Waals surface area contributed by atoms with Gasteiger partial charge in [0, 0.05) is 41.2 Å². The molecular formula is C33H26N4O2S. The fourth-order valence-electron chi connectivity index (χ4n) is 5.12. The molecule has 0 aliphatic heterocycles. The van der Waals surface area contributed by atoms with Gasteiger partial charge in [-0.05, 0) is 40.4 Å². The summed E-state index contributed by atoms with van der Waals surface area (Å²) in [7, 11) is 0. The molecule has 0 fully saturated rings. The number of nitrogens with one attached hydrogen (secondary N) is 1. The van der Waals surface area contributed by atoms with Gasteiger partial charge >= 0.3 is 6.03 Å². The Balaban J connectivity index is 1.13. The number of anilines is 1. The monoisotopic (exact) mass is 542 g/mol. The third-order valence-electron chi connectivity index (χ3n) is 7.21. The summed E-state index contributed by atoms with van der Waals surface area (Å²) in [4.78, 5) is 21.2. The largest absolute Gasteiger partial charge is 0.467 e. The standard InChI is InChI=1S/C33H26N4O2S/c38-32(34-30-13-5-10-24-8-3-4-12-29(24)30)36(20-28-11-6-18-39-28)17-16-27-22-40-33-35-31(21-37(27)33)26-15-14-23-7-1-2-9-25(23)19-26/h1-15,18-19,21-22H,16-17,20H2,(H,34,38). The molecule has 0 saturated heterocycles. The Kier molecular flexibility index (Phi) is 6.26. The Hall–Kier alpha value is -4.88. The summed E-state index contributed by atoms with van der Waals surface area (Å²) < 4.78 is 7.73. The van der Waals surface area contributed by atoms with Gasteiger partial charge in [0.05, 0.1) is 24.2 Å². The van der Waals surface area contributed by atoms with Crippen molar-refractivity contribution >= 4 is 49.6 Å². The Labute approximate surface area is 235 Å². The molecule has 0 spiro atoms. The molecule has 0 aliphatic carbocycles. The first-order chi connectivity index (χ1) is 19.7. The van der Waals surface area contributed by atoms with Crippen molar-refractivity contribution in [2.75, 3.05) is 11.9 Å². The van der Waals surface area contributed by atoms with E-state index in [9.17, 15) is 4.79 Å². The average Bonchev–Trinajstić information content (AvgIpc) is 3.74. The van der Waals surface area contributed by atoms with Crippen LogP contribution in [-0.4, -0.2) is 26.9 Å². The van der Waals surface area contributed by atoms with Crippen molar-refractivity contribution in [2.24, 2.45) is 0 Å². The van der Waals surface area contributed by atoms with E-state index in [1.54, 1.807) is 22.5 Å². The second kappa shape index (κ2) is 10.4. The number of nitrogens with zero attached hydrogens (tertiary/aromatic N) is 3. The van der Waals surface area contributed by atoms with Crippen molar-refractivity contribution in [1.82, 2.24) is 14.3 Å². The van der Waals surface area contributed by atoms with Crippen molar-refractivity contribution in [2.45, 2.75) is 13.0 Å². The number of furan rings is 1. The maximum atomic E-state index is 13.6. The molecule has 4 aromatic carbocycles. The zero-order valence-electron chi connectivity index (χ0n) is 21.7. The second-order valence-corrected chi connectivity index (χ2v) is 10.6. The SMILES string of the molecule is O=C(Nc1cccc2ccccc12)N(CCc1csc2nc(-c3ccc4ccccc4c3)cn12)Cc1ccco1. The highest BCUT2D eigenvalue weighted by atomic mass is 32.1. The zero-order valence-corrected chi connectivity index (χ0v) is 22.5. The highest BCUT2D eigenvalue weighted by Gasteiger charge is 2.18. The van der Waals surface area contributed by atoms with Crippen LogP contribution in [0.5, 0.6) is 0 Å².